The number of nitro benzene ring substituents is 1. The second kappa shape index (κ2) is 7.75. The molecule has 1 spiro atoms. The van der Waals surface area contributed by atoms with E-state index in [9.17, 15) is 19.7 Å². The van der Waals surface area contributed by atoms with Crippen LogP contribution in [0.3, 0.4) is 0 Å². The van der Waals surface area contributed by atoms with Crippen LogP contribution in [0.5, 0.6) is 0 Å². The molecule has 3 aliphatic rings. The first-order valence-electron chi connectivity index (χ1n) is 11.0. The Hall–Kier alpha value is -3.56. The maximum absolute atomic E-state index is 14.2. The van der Waals surface area contributed by atoms with Crippen molar-refractivity contribution in [1.29, 1.82) is 0 Å². The van der Waals surface area contributed by atoms with Gasteiger partial charge in [-0.2, -0.15) is 0 Å². The number of benzene rings is 2. The number of hydrogen-bond donors (Lipinski definition) is 1. The second-order valence-corrected chi connectivity index (χ2v) is 9.76. The Morgan fingerprint density at radius 1 is 1.18 bits per heavy atom. The summed E-state index contributed by atoms with van der Waals surface area (Å²) in [5, 5.41) is 14.6. The number of carbonyl (C=O) groups excluding carboxylic acids is 2. The van der Waals surface area contributed by atoms with Crippen LogP contribution in [-0.4, -0.2) is 44.2 Å². The lowest BCUT2D eigenvalue weighted by Crippen LogP contribution is -2.52. The third-order valence-electron chi connectivity index (χ3n) is 7.22. The van der Waals surface area contributed by atoms with Crippen molar-refractivity contribution >= 4 is 34.8 Å². The van der Waals surface area contributed by atoms with Gasteiger partial charge in [-0.1, -0.05) is 30.3 Å². The van der Waals surface area contributed by atoms with Gasteiger partial charge in [-0.05, 0) is 23.8 Å². The molecule has 9 heteroatoms. The van der Waals surface area contributed by atoms with E-state index in [1.807, 2.05) is 30.3 Å². The van der Waals surface area contributed by atoms with Crippen LogP contribution in [0.1, 0.15) is 27.4 Å². The minimum absolute atomic E-state index is 0.0282. The number of ketones is 1. The van der Waals surface area contributed by atoms with Gasteiger partial charge in [0.1, 0.15) is 5.54 Å². The van der Waals surface area contributed by atoms with Gasteiger partial charge in [-0.15, -0.1) is 11.8 Å². The van der Waals surface area contributed by atoms with E-state index in [1.165, 1.54) is 12.3 Å². The molecule has 1 amide bonds. The van der Waals surface area contributed by atoms with E-state index in [4.69, 9.17) is 0 Å². The number of non-ortho nitro benzene ring substituents is 1. The lowest BCUT2D eigenvalue weighted by molar-refractivity contribution is -0.384. The average molecular weight is 473 g/mol. The summed E-state index contributed by atoms with van der Waals surface area (Å²) in [4.78, 5) is 45.5. The summed E-state index contributed by atoms with van der Waals surface area (Å²) in [5.74, 6) is -0.268. The molecule has 170 valence electrons. The first-order chi connectivity index (χ1) is 16.5. The molecule has 34 heavy (non-hydrogen) atoms. The predicted molar refractivity (Wildman–Crippen MR) is 128 cm³/mol. The van der Waals surface area contributed by atoms with Crippen LogP contribution in [0.4, 0.5) is 11.4 Å². The zero-order valence-electron chi connectivity index (χ0n) is 18.0. The monoisotopic (exact) mass is 472 g/mol. The number of thioether (sulfide) groups is 1. The normalized spacial score (nSPS) is 27.4. The summed E-state index contributed by atoms with van der Waals surface area (Å²) in [6.07, 6.45) is 3.13. The molecular formula is C25H20N4O4S. The minimum Gasteiger partial charge on any atom is -0.324 e. The van der Waals surface area contributed by atoms with E-state index in [0.717, 1.165) is 11.3 Å². The Balaban J connectivity index is 1.62. The van der Waals surface area contributed by atoms with Crippen molar-refractivity contribution in [1.82, 2.24) is 9.88 Å². The van der Waals surface area contributed by atoms with Gasteiger partial charge in [0, 0.05) is 64.9 Å². The maximum atomic E-state index is 14.2. The standard InChI is InChI=1S/C25H20N4O4S/c30-23(16-6-4-10-26-12-16)22-21(15-5-3-7-17(11-15)29(32)33)20-13-34-14-28(20)25(22)18-8-1-2-9-19(18)27-24(25)31/h1-12,20-22H,13-14H2,(H,27,31)/t20-,21+,22-,25+/m0/s1. The average Bonchev–Trinajstić information content (AvgIpc) is 3.52. The number of nitro groups is 1. The summed E-state index contributed by atoms with van der Waals surface area (Å²) in [7, 11) is 0. The summed E-state index contributed by atoms with van der Waals surface area (Å²) in [6.45, 7) is 0. The highest BCUT2D eigenvalue weighted by Crippen LogP contribution is 2.61. The third kappa shape index (κ3) is 2.80. The molecule has 6 rings (SSSR count). The lowest BCUT2D eigenvalue weighted by Gasteiger charge is -2.36. The molecule has 3 aromatic rings. The number of Topliss-reactive ketones (excluding diaryl/α,β-unsaturated/α-hetero) is 1. The number of anilines is 1. The fourth-order valence-corrected chi connectivity index (χ4v) is 7.26. The fourth-order valence-electron chi connectivity index (χ4n) is 5.94. The van der Waals surface area contributed by atoms with Gasteiger partial charge in [0.2, 0.25) is 5.91 Å². The Bertz CT molecular complexity index is 1330. The van der Waals surface area contributed by atoms with Crippen LogP contribution >= 0.6 is 11.8 Å². The van der Waals surface area contributed by atoms with Gasteiger partial charge in [-0.3, -0.25) is 29.6 Å². The zero-order valence-corrected chi connectivity index (χ0v) is 18.8. The number of para-hydroxylation sites is 1. The van der Waals surface area contributed by atoms with Crippen LogP contribution in [0.15, 0.2) is 73.1 Å². The number of pyridine rings is 1. The van der Waals surface area contributed by atoms with Crippen molar-refractivity contribution < 1.29 is 14.5 Å². The Morgan fingerprint density at radius 2 is 2.03 bits per heavy atom. The summed E-state index contributed by atoms with van der Waals surface area (Å²) in [5.41, 5.74) is 1.37. The third-order valence-corrected chi connectivity index (χ3v) is 8.26. The number of nitrogens with zero attached hydrogens (tertiary/aromatic N) is 3. The molecule has 4 atom stereocenters. The van der Waals surface area contributed by atoms with Crippen LogP contribution in [0, 0.1) is 16.0 Å². The Labute approximate surface area is 199 Å². The van der Waals surface area contributed by atoms with Crippen molar-refractivity contribution in [2.75, 3.05) is 16.9 Å². The number of hydrogen-bond acceptors (Lipinski definition) is 7. The molecule has 2 aromatic carbocycles. The van der Waals surface area contributed by atoms with Gasteiger partial charge in [-0.25, -0.2) is 0 Å². The summed E-state index contributed by atoms with van der Waals surface area (Å²) >= 11 is 1.71. The predicted octanol–water partition coefficient (Wildman–Crippen LogP) is 3.81. The maximum Gasteiger partial charge on any atom is 0.269 e. The Morgan fingerprint density at radius 3 is 2.82 bits per heavy atom. The van der Waals surface area contributed by atoms with E-state index in [-0.39, 0.29) is 23.4 Å². The van der Waals surface area contributed by atoms with Crippen LogP contribution in [-0.2, 0) is 10.3 Å². The molecule has 0 saturated carbocycles. The Kier molecular flexibility index (Phi) is 4.79. The molecular weight excluding hydrogens is 452 g/mol. The van der Waals surface area contributed by atoms with Gasteiger partial charge in [0.25, 0.3) is 5.69 Å². The minimum atomic E-state index is -1.20. The molecule has 0 bridgehead atoms. The molecule has 0 radical (unpaired) electrons. The molecule has 1 N–H and O–H groups in total. The quantitative estimate of drug-likeness (QED) is 0.350. The molecule has 2 saturated heterocycles. The number of nitrogens with one attached hydrogen (secondary N) is 1. The van der Waals surface area contributed by atoms with Crippen molar-refractivity contribution in [2.45, 2.75) is 17.5 Å². The van der Waals surface area contributed by atoms with E-state index >= 15 is 0 Å². The number of aromatic nitrogens is 1. The molecule has 2 fully saturated rings. The van der Waals surface area contributed by atoms with E-state index in [2.05, 4.69) is 15.2 Å². The number of amides is 1. The number of rotatable bonds is 4. The van der Waals surface area contributed by atoms with Crippen molar-refractivity contribution in [3.8, 4) is 0 Å². The summed E-state index contributed by atoms with van der Waals surface area (Å²) < 4.78 is 0. The smallest absolute Gasteiger partial charge is 0.269 e. The highest BCUT2D eigenvalue weighted by Gasteiger charge is 2.69. The van der Waals surface area contributed by atoms with Gasteiger partial charge in [0.15, 0.2) is 5.78 Å². The fraction of sp³-hybridized carbons (Fsp3) is 0.240. The zero-order chi connectivity index (χ0) is 23.4. The number of fused-ring (bicyclic) bond motifs is 4. The highest BCUT2D eigenvalue weighted by atomic mass is 32.2. The molecule has 1 aromatic heterocycles. The first-order valence-corrected chi connectivity index (χ1v) is 12.1. The topological polar surface area (TPSA) is 105 Å². The van der Waals surface area contributed by atoms with E-state index in [1.54, 1.807) is 42.2 Å². The van der Waals surface area contributed by atoms with Gasteiger partial charge in [0.05, 0.1) is 10.8 Å². The van der Waals surface area contributed by atoms with Crippen LogP contribution in [0.25, 0.3) is 0 Å². The SMILES string of the molecule is O=C(c1cccnc1)[C@@H]1[C@H](c2cccc([N+](=O)[O-])c2)[C@@H]2CSCN2[C@@]12C(=O)Nc1ccccc12. The van der Waals surface area contributed by atoms with E-state index < -0.39 is 22.3 Å². The summed E-state index contributed by atoms with van der Waals surface area (Å²) in [6, 6.07) is 17.3. The lowest BCUT2D eigenvalue weighted by atomic mass is 9.69. The van der Waals surface area contributed by atoms with Crippen molar-refractivity contribution in [3.05, 3.63) is 99.9 Å². The molecule has 8 nitrogen and oxygen atoms in total. The highest BCUT2D eigenvalue weighted by molar-refractivity contribution is 7.99. The van der Waals surface area contributed by atoms with Crippen molar-refractivity contribution in [2.24, 2.45) is 5.92 Å². The van der Waals surface area contributed by atoms with E-state index in [0.29, 0.717) is 22.7 Å². The van der Waals surface area contributed by atoms with Crippen LogP contribution in [0.2, 0.25) is 0 Å². The largest absolute Gasteiger partial charge is 0.324 e. The molecule has 0 unspecified atom stereocenters. The second-order valence-electron chi connectivity index (χ2n) is 8.76. The first kappa shape index (κ1) is 21.0. The number of carbonyl (C=O) groups is 2. The molecule has 3 aliphatic heterocycles. The van der Waals surface area contributed by atoms with Gasteiger partial charge < -0.3 is 5.32 Å². The van der Waals surface area contributed by atoms with Crippen molar-refractivity contribution in [3.63, 3.8) is 0 Å². The molecule has 4 heterocycles. The van der Waals surface area contributed by atoms with Crippen LogP contribution < -0.4 is 5.32 Å². The van der Waals surface area contributed by atoms with Gasteiger partial charge >= 0.3 is 0 Å². The molecule has 0 aliphatic carbocycles.